The maximum absolute atomic E-state index is 3.01. The van der Waals surface area contributed by atoms with Crippen LogP contribution in [0.2, 0.25) is 0 Å². The summed E-state index contributed by atoms with van der Waals surface area (Å²) in [5.41, 5.74) is 1.32. The molecule has 0 aliphatic heterocycles. The molecule has 3 nitrogen and oxygen atoms in total. The third-order valence-electron chi connectivity index (χ3n) is 2.76. The van der Waals surface area contributed by atoms with Gasteiger partial charge in [0.2, 0.25) is 0 Å². The SMILES string of the molecule is CC1C=CC=CC1.CN(C)I.CNCCNC.Cc1ccccc1. The maximum atomic E-state index is 3.01. The van der Waals surface area contributed by atoms with Crippen molar-refractivity contribution in [1.82, 2.24) is 13.7 Å². The summed E-state index contributed by atoms with van der Waals surface area (Å²) in [5, 5.41) is 6.01. The van der Waals surface area contributed by atoms with Gasteiger partial charge in [-0.3, -0.25) is 3.11 Å². The van der Waals surface area contributed by atoms with Crippen molar-refractivity contribution < 1.29 is 0 Å². The van der Waals surface area contributed by atoms with Gasteiger partial charge in [-0.15, -0.1) is 0 Å². The Morgan fingerprint density at radius 3 is 1.75 bits per heavy atom. The number of rotatable bonds is 3. The van der Waals surface area contributed by atoms with E-state index in [9.17, 15) is 0 Å². The lowest BCUT2D eigenvalue weighted by Gasteiger charge is -2.02. The van der Waals surface area contributed by atoms with Crippen LogP contribution < -0.4 is 10.6 Å². The molecule has 0 amide bonds. The fourth-order valence-electron chi connectivity index (χ4n) is 1.49. The summed E-state index contributed by atoms with van der Waals surface area (Å²) in [4.78, 5) is 0. The Labute approximate surface area is 164 Å². The average Bonchev–Trinajstić information content (AvgIpc) is 2.55. The molecule has 138 valence electrons. The lowest BCUT2D eigenvalue weighted by atomic mass is 10.0. The first-order valence-corrected chi connectivity index (χ1v) is 9.37. The van der Waals surface area contributed by atoms with Gasteiger partial charge in [-0.1, -0.05) is 67.1 Å². The van der Waals surface area contributed by atoms with Crippen LogP contribution in [0.4, 0.5) is 0 Å². The average molecular weight is 445 g/mol. The van der Waals surface area contributed by atoms with Crippen LogP contribution in [-0.2, 0) is 0 Å². The molecule has 0 fully saturated rings. The minimum absolute atomic E-state index is 0.769. The molecule has 1 aliphatic carbocycles. The zero-order chi connectivity index (χ0) is 18.6. The number of likely N-dealkylation sites (N-methyl/N-ethyl adjacent to an activating group) is 2. The van der Waals surface area contributed by atoms with Crippen molar-refractivity contribution in [2.24, 2.45) is 5.92 Å². The van der Waals surface area contributed by atoms with Crippen molar-refractivity contribution in [1.29, 1.82) is 0 Å². The Morgan fingerprint density at radius 2 is 1.54 bits per heavy atom. The molecule has 1 atom stereocenters. The molecule has 4 heteroatoms. The van der Waals surface area contributed by atoms with Gasteiger partial charge in [0.25, 0.3) is 0 Å². The second-order valence-electron chi connectivity index (χ2n) is 5.67. The summed E-state index contributed by atoms with van der Waals surface area (Å²) in [6, 6.07) is 10.3. The molecular weight excluding hydrogens is 409 g/mol. The second-order valence-corrected chi connectivity index (χ2v) is 7.60. The van der Waals surface area contributed by atoms with Crippen molar-refractivity contribution in [3.05, 3.63) is 60.2 Å². The van der Waals surface area contributed by atoms with Gasteiger partial charge in [0.05, 0.1) is 0 Å². The molecular formula is C20H36IN3. The number of aryl methyl sites for hydroxylation is 1. The van der Waals surface area contributed by atoms with Gasteiger partial charge in [0.1, 0.15) is 0 Å². The molecule has 24 heavy (non-hydrogen) atoms. The highest BCUT2D eigenvalue weighted by molar-refractivity contribution is 14.1. The molecule has 1 aromatic carbocycles. The monoisotopic (exact) mass is 445 g/mol. The van der Waals surface area contributed by atoms with Gasteiger partial charge < -0.3 is 10.6 Å². The molecule has 0 radical (unpaired) electrons. The molecule has 0 spiro atoms. The number of benzene rings is 1. The van der Waals surface area contributed by atoms with E-state index >= 15 is 0 Å². The van der Waals surface area contributed by atoms with Crippen LogP contribution in [-0.4, -0.2) is 44.4 Å². The number of allylic oxidation sites excluding steroid dienone is 4. The fourth-order valence-corrected chi connectivity index (χ4v) is 1.49. The van der Waals surface area contributed by atoms with E-state index in [4.69, 9.17) is 0 Å². The van der Waals surface area contributed by atoms with Gasteiger partial charge in [0.15, 0.2) is 0 Å². The molecule has 1 aliphatic rings. The van der Waals surface area contributed by atoms with Crippen LogP contribution >= 0.6 is 22.9 Å². The lowest BCUT2D eigenvalue weighted by molar-refractivity contribution is 0.718. The number of hydrogen-bond donors (Lipinski definition) is 2. The van der Waals surface area contributed by atoms with Gasteiger partial charge in [0, 0.05) is 36.0 Å². The molecule has 2 N–H and O–H groups in total. The lowest BCUT2D eigenvalue weighted by Crippen LogP contribution is -2.21. The number of halogens is 1. The fraction of sp³-hybridized carbons (Fsp3) is 0.500. The summed E-state index contributed by atoms with van der Waals surface area (Å²) >= 11 is 2.18. The van der Waals surface area contributed by atoms with Gasteiger partial charge in [-0.05, 0) is 47.5 Å². The Bertz CT molecular complexity index is 396. The smallest absolute Gasteiger partial charge is 0.0195 e. The van der Waals surface area contributed by atoms with Crippen LogP contribution in [0, 0.1) is 12.8 Å². The number of nitrogens with one attached hydrogen (secondary N) is 2. The normalized spacial score (nSPS) is 14.6. The zero-order valence-corrected chi connectivity index (χ0v) is 18.4. The van der Waals surface area contributed by atoms with Gasteiger partial charge in [-0.2, -0.15) is 0 Å². The van der Waals surface area contributed by atoms with E-state index in [1.165, 1.54) is 12.0 Å². The van der Waals surface area contributed by atoms with E-state index in [0.29, 0.717) is 0 Å². The first-order chi connectivity index (χ1) is 11.4. The Kier molecular flexibility index (Phi) is 21.7. The molecule has 0 aromatic heterocycles. The quantitative estimate of drug-likeness (QED) is 0.409. The molecule has 1 unspecified atom stereocenters. The number of hydrogen-bond acceptors (Lipinski definition) is 3. The highest BCUT2D eigenvalue weighted by Crippen LogP contribution is 2.08. The summed E-state index contributed by atoms with van der Waals surface area (Å²) in [6.07, 6.45) is 9.84. The molecule has 0 heterocycles. The third kappa shape index (κ3) is 26.2. The molecule has 2 rings (SSSR count). The minimum Gasteiger partial charge on any atom is -0.318 e. The van der Waals surface area contributed by atoms with Crippen molar-refractivity contribution in [2.75, 3.05) is 41.3 Å². The van der Waals surface area contributed by atoms with Crippen molar-refractivity contribution in [2.45, 2.75) is 20.3 Å². The Hall–Kier alpha value is -0.690. The highest BCUT2D eigenvalue weighted by atomic mass is 127. The largest absolute Gasteiger partial charge is 0.318 e. The first-order valence-electron chi connectivity index (χ1n) is 8.41. The van der Waals surface area contributed by atoms with Gasteiger partial charge >= 0.3 is 0 Å². The molecule has 0 saturated heterocycles. The van der Waals surface area contributed by atoms with E-state index < -0.39 is 0 Å². The Morgan fingerprint density at radius 1 is 1.04 bits per heavy atom. The van der Waals surface area contributed by atoms with Crippen LogP contribution in [0.15, 0.2) is 54.6 Å². The van der Waals surface area contributed by atoms with E-state index in [1.807, 2.05) is 49.5 Å². The molecule has 0 saturated carbocycles. The van der Waals surface area contributed by atoms with Crippen LogP contribution in [0.3, 0.4) is 0 Å². The van der Waals surface area contributed by atoms with Gasteiger partial charge in [-0.25, -0.2) is 0 Å². The maximum Gasteiger partial charge on any atom is 0.0195 e. The van der Waals surface area contributed by atoms with E-state index in [1.54, 1.807) is 0 Å². The number of nitrogens with zero attached hydrogens (tertiary/aromatic N) is 1. The van der Waals surface area contributed by atoms with Crippen LogP contribution in [0.5, 0.6) is 0 Å². The first kappa shape index (κ1) is 25.5. The van der Waals surface area contributed by atoms with E-state index in [0.717, 1.165) is 19.0 Å². The van der Waals surface area contributed by atoms with Crippen molar-refractivity contribution in [3.8, 4) is 0 Å². The molecule has 1 aromatic rings. The predicted octanol–water partition coefficient (Wildman–Crippen LogP) is 4.46. The van der Waals surface area contributed by atoms with Crippen molar-refractivity contribution >= 4 is 22.9 Å². The summed E-state index contributed by atoms with van der Waals surface area (Å²) < 4.78 is 1.97. The van der Waals surface area contributed by atoms with E-state index in [-0.39, 0.29) is 0 Å². The predicted molar refractivity (Wildman–Crippen MR) is 119 cm³/mol. The minimum atomic E-state index is 0.769. The second kappa shape index (κ2) is 20.4. The van der Waals surface area contributed by atoms with Crippen molar-refractivity contribution in [3.63, 3.8) is 0 Å². The standard InChI is InChI=1S/C7H10.C7H8.C4H12N2.C2H6IN/c2*1-7-5-3-2-4-6-7;1-5-3-4-6-2;1-4(2)3/h2-5,7H,6H2,1H3;2-6H,1H3;5-6H,3-4H2,1-2H3;1-2H3. The Balaban J connectivity index is 0. The van der Waals surface area contributed by atoms with Crippen LogP contribution in [0.1, 0.15) is 18.9 Å². The summed E-state index contributed by atoms with van der Waals surface area (Å²) in [6.45, 7) is 6.41. The molecule has 0 bridgehead atoms. The third-order valence-corrected chi connectivity index (χ3v) is 2.76. The zero-order valence-electron chi connectivity index (χ0n) is 16.2. The topological polar surface area (TPSA) is 27.3 Å². The van der Waals surface area contributed by atoms with E-state index in [2.05, 4.69) is 83.8 Å². The van der Waals surface area contributed by atoms with Crippen LogP contribution in [0.25, 0.3) is 0 Å². The summed E-state index contributed by atoms with van der Waals surface area (Å²) in [7, 11) is 7.86. The highest BCUT2D eigenvalue weighted by Gasteiger charge is 1.93. The summed E-state index contributed by atoms with van der Waals surface area (Å²) in [5.74, 6) is 0.769.